The molecule has 8 heteroatoms. The molecular weight excluding hydrogens is 353 g/mol. The Morgan fingerprint density at radius 2 is 2.30 bits per heavy atom. The molecule has 2 rings (SSSR count). The third-order valence-corrected chi connectivity index (χ3v) is 4.36. The fourth-order valence-corrected chi connectivity index (χ4v) is 3.34. The predicted octanol–water partition coefficient (Wildman–Crippen LogP) is 1.95. The Bertz CT molecular complexity index is 542. The van der Waals surface area contributed by atoms with Crippen molar-refractivity contribution in [1.82, 2.24) is 4.90 Å². The smallest absolute Gasteiger partial charge is 0.327 e. The number of hydrogen-bond donors (Lipinski definition) is 1. The maximum Gasteiger partial charge on any atom is 0.327 e. The number of benzene rings is 1. The number of carbonyl (C=O) groups excluding carboxylic acids is 1. The van der Waals surface area contributed by atoms with Crippen LogP contribution in [0.3, 0.4) is 0 Å². The van der Waals surface area contributed by atoms with Gasteiger partial charge in [-0.25, -0.2) is 9.18 Å². The summed E-state index contributed by atoms with van der Waals surface area (Å²) in [6.45, 7) is -0.283. The van der Waals surface area contributed by atoms with E-state index in [1.54, 1.807) is 0 Å². The average Bonchev–Trinajstić information content (AvgIpc) is 2.86. The van der Waals surface area contributed by atoms with Crippen molar-refractivity contribution in [2.24, 2.45) is 0 Å². The molecule has 1 N–H and O–H groups in total. The van der Waals surface area contributed by atoms with Crippen molar-refractivity contribution in [3.8, 4) is 5.75 Å². The highest BCUT2D eigenvalue weighted by atomic mass is 79.9. The number of rotatable bonds is 4. The quantitative estimate of drug-likeness (QED) is 0.885. The highest BCUT2D eigenvalue weighted by Crippen LogP contribution is 2.26. The van der Waals surface area contributed by atoms with E-state index in [9.17, 15) is 14.0 Å². The van der Waals surface area contributed by atoms with Gasteiger partial charge >= 0.3 is 5.97 Å². The van der Waals surface area contributed by atoms with E-state index >= 15 is 0 Å². The number of halogens is 2. The van der Waals surface area contributed by atoms with Crippen LogP contribution in [0.2, 0.25) is 0 Å². The summed E-state index contributed by atoms with van der Waals surface area (Å²) in [5, 5.41) is 9.00. The van der Waals surface area contributed by atoms with E-state index in [0.717, 1.165) is 0 Å². The van der Waals surface area contributed by atoms with Gasteiger partial charge in [0, 0.05) is 5.75 Å². The molecule has 0 bridgehead atoms. The van der Waals surface area contributed by atoms with Crippen molar-refractivity contribution >= 4 is 39.6 Å². The zero-order valence-electron chi connectivity index (χ0n) is 10.2. The molecule has 5 nitrogen and oxygen atoms in total. The minimum Gasteiger partial charge on any atom is -0.483 e. The van der Waals surface area contributed by atoms with Gasteiger partial charge in [0.2, 0.25) is 0 Å². The fourth-order valence-electron chi connectivity index (χ4n) is 1.71. The van der Waals surface area contributed by atoms with E-state index in [1.165, 1.54) is 34.9 Å². The molecule has 1 heterocycles. The Hall–Kier alpha value is -1.28. The van der Waals surface area contributed by atoms with E-state index in [1.807, 2.05) is 0 Å². The van der Waals surface area contributed by atoms with Crippen LogP contribution in [-0.2, 0) is 9.59 Å². The van der Waals surface area contributed by atoms with Crippen LogP contribution in [0.1, 0.15) is 0 Å². The van der Waals surface area contributed by atoms with Crippen molar-refractivity contribution in [3.63, 3.8) is 0 Å². The molecule has 0 aromatic heterocycles. The molecular formula is C12H11BrFNO4S. The van der Waals surface area contributed by atoms with Gasteiger partial charge in [0.1, 0.15) is 17.6 Å². The molecule has 1 fully saturated rings. The number of aliphatic carboxylic acids is 1. The predicted molar refractivity (Wildman–Crippen MR) is 75.2 cm³/mol. The number of carboxylic acid groups (broad SMARTS) is 1. The first kappa shape index (κ1) is 15.1. The third-order valence-electron chi connectivity index (χ3n) is 2.73. The summed E-state index contributed by atoms with van der Waals surface area (Å²) in [5.74, 6) is -0.800. The summed E-state index contributed by atoms with van der Waals surface area (Å²) < 4.78 is 18.6. The SMILES string of the molecule is O=C(O)C1CSCN1C(=O)COc1ccc(F)cc1Br. The Labute approximate surface area is 127 Å². The van der Waals surface area contributed by atoms with E-state index in [-0.39, 0.29) is 6.61 Å². The zero-order valence-corrected chi connectivity index (χ0v) is 12.6. The second-order valence-corrected chi connectivity index (χ2v) is 5.93. The van der Waals surface area contributed by atoms with Crippen LogP contribution in [0.15, 0.2) is 22.7 Å². The molecule has 1 aromatic rings. The molecule has 20 heavy (non-hydrogen) atoms. The molecule has 0 saturated carbocycles. The molecule has 1 aromatic carbocycles. The van der Waals surface area contributed by atoms with Crippen LogP contribution in [0, 0.1) is 5.82 Å². The minimum absolute atomic E-state index is 0.283. The van der Waals surface area contributed by atoms with Crippen molar-refractivity contribution in [2.75, 3.05) is 18.2 Å². The first-order valence-corrected chi connectivity index (χ1v) is 7.61. The number of ether oxygens (including phenoxy) is 1. The van der Waals surface area contributed by atoms with Gasteiger partial charge in [-0.15, -0.1) is 11.8 Å². The topological polar surface area (TPSA) is 66.8 Å². The highest BCUT2D eigenvalue weighted by molar-refractivity contribution is 9.10. The monoisotopic (exact) mass is 363 g/mol. The van der Waals surface area contributed by atoms with Crippen LogP contribution in [0.4, 0.5) is 4.39 Å². The molecule has 1 aliphatic heterocycles. The van der Waals surface area contributed by atoms with Gasteiger partial charge < -0.3 is 14.7 Å². The first-order valence-electron chi connectivity index (χ1n) is 5.67. The van der Waals surface area contributed by atoms with E-state index in [2.05, 4.69) is 15.9 Å². The van der Waals surface area contributed by atoms with Gasteiger partial charge in [-0.3, -0.25) is 4.79 Å². The third kappa shape index (κ3) is 3.43. The van der Waals surface area contributed by atoms with Crippen LogP contribution in [-0.4, -0.2) is 46.2 Å². The molecule has 1 saturated heterocycles. The standard InChI is InChI=1S/C12H11BrFNO4S/c13-8-3-7(14)1-2-10(8)19-4-11(16)15-6-20-5-9(15)12(17)18/h1-3,9H,4-6H2,(H,17,18). The van der Waals surface area contributed by atoms with Crippen LogP contribution >= 0.6 is 27.7 Å². The lowest BCUT2D eigenvalue weighted by molar-refractivity contribution is -0.148. The van der Waals surface area contributed by atoms with Gasteiger partial charge in [0.05, 0.1) is 10.3 Å². The van der Waals surface area contributed by atoms with Crippen LogP contribution in [0.5, 0.6) is 5.75 Å². The van der Waals surface area contributed by atoms with Gasteiger partial charge in [0.15, 0.2) is 6.61 Å². The maximum atomic E-state index is 12.9. The largest absolute Gasteiger partial charge is 0.483 e. The Balaban J connectivity index is 1.96. The number of thioether (sulfide) groups is 1. The molecule has 1 atom stereocenters. The zero-order chi connectivity index (χ0) is 14.7. The van der Waals surface area contributed by atoms with Gasteiger partial charge in [-0.1, -0.05) is 0 Å². The average molecular weight is 364 g/mol. The fraction of sp³-hybridized carbons (Fsp3) is 0.333. The van der Waals surface area contributed by atoms with Gasteiger partial charge in [-0.05, 0) is 34.1 Å². The van der Waals surface area contributed by atoms with E-state index < -0.39 is 23.7 Å². The summed E-state index contributed by atoms with van der Waals surface area (Å²) in [6.07, 6.45) is 0. The molecule has 1 amide bonds. The van der Waals surface area contributed by atoms with E-state index in [4.69, 9.17) is 9.84 Å². The number of amides is 1. The van der Waals surface area contributed by atoms with E-state index in [0.29, 0.717) is 21.9 Å². The molecule has 0 radical (unpaired) electrons. The minimum atomic E-state index is -1.02. The number of carboxylic acids is 1. The summed E-state index contributed by atoms with van der Waals surface area (Å²) in [7, 11) is 0. The molecule has 1 aliphatic rings. The molecule has 108 valence electrons. The van der Waals surface area contributed by atoms with Crippen molar-refractivity contribution < 1.29 is 23.8 Å². The number of carbonyl (C=O) groups is 2. The Morgan fingerprint density at radius 3 is 2.95 bits per heavy atom. The number of nitrogens with zero attached hydrogens (tertiary/aromatic N) is 1. The molecule has 0 aliphatic carbocycles. The van der Waals surface area contributed by atoms with Gasteiger partial charge in [0.25, 0.3) is 5.91 Å². The van der Waals surface area contributed by atoms with Crippen LogP contribution in [0.25, 0.3) is 0 Å². The molecule has 1 unspecified atom stereocenters. The first-order chi connectivity index (χ1) is 9.49. The second-order valence-electron chi connectivity index (χ2n) is 4.08. The summed E-state index contributed by atoms with van der Waals surface area (Å²) in [4.78, 5) is 24.2. The molecule has 0 spiro atoms. The van der Waals surface area contributed by atoms with Crippen molar-refractivity contribution in [2.45, 2.75) is 6.04 Å². The lowest BCUT2D eigenvalue weighted by Crippen LogP contribution is -2.43. The number of hydrogen-bond acceptors (Lipinski definition) is 4. The summed E-state index contributed by atoms with van der Waals surface area (Å²) in [5.41, 5.74) is 0. The summed E-state index contributed by atoms with van der Waals surface area (Å²) >= 11 is 4.51. The van der Waals surface area contributed by atoms with Gasteiger partial charge in [-0.2, -0.15) is 0 Å². The Morgan fingerprint density at radius 1 is 1.55 bits per heavy atom. The lowest BCUT2D eigenvalue weighted by atomic mass is 10.3. The second kappa shape index (κ2) is 6.45. The van der Waals surface area contributed by atoms with Crippen LogP contribution < -0.4 is 4.74 Å². The van der Waals surface area contributed by atoms with Crippen molar-refractivity contribution in [1.29, 1.82) is 0 Å². The highest BCUT2D eigenvalue weighted by Gasteiger charge is 2.34. The maximum absolute atomic E-state index is 12.9. The lowest BCUT2D eigenvalue weighted by Gasteiger charge is -2.20. The normalized spacial score (nSPS) is 18.1. The Kier molecular flexibility index (Phi) is 4.87. The van der Waals surface area contributed by atoms with Crippen molar-refractivity contribution in [3.05, 3.63) is 28.5 Å². The summed E-state index contributed by atoms with van der Waals surface area (Å²) in [6, 6.07) is 3.04.